The van der Waals surface area contributed by atoms with E-state index in [-0.39, 0.29) is 22.0 Å². The molecule has 6 nitrogen and oxygen atoms in total. The quantitative estimate of drug-likeness (QED) is 0.628. The maximum atomic E-state index is 12.3. The molecule has 0 spiro atoms. The topological polar surface area (TPSA) is 90.7 Å². The third-order valence-corrected chi connectivity index (χ3v) is 3.80. The van der Waals surface area contributed by atoms with Gasteiger partial charge >= 0.3 is 5.97 Å². The number of esters is 1. The fourth-order valence-electron chi connectivity index (χ4n) is 2.14. The first kappa shape index (κ1) is 18.6. The number of nitrogens with two attached hydrogens (primary N) is 1. The summed E-state index contributed by atoms with van der Waals surface area (Å²) in [7, 11) is 1.40. The first-order valence-electron chi connectivity index (χ1n) is 7.53. The molecule has 25 heavy (non-hydrogen) atoms. The normalized spacial score (nSPS) is 11.5. The lowest BCUT2D eigenvalue weighted by atomic mass is 10.2. The van der Waals surface area contributed by atoms with Crippen LogP contribution in [0.5, 0.6) is 5.75 Å². The van der Waals surface area contributed by atoms with E-state index in [1.807, 2.05) is 25.1 Å². The number of hydrogen-bond acceptors (Lipinski definition) is 5. The molecule has 2 rings (SSSR count). The zero-order valence-corrected chi connectivity index (χ0v) is 14.9. The molecule has 3 N–H and O–H groups in total. The van der Waals surface area contributed by atoms with E-state index in [9.17, 15) is 9.59 Å². The average Bonchev–Trinajstić information content (AvgIpc) is 2.56. The molecule has 1 atom stereocenters. The van der Waals surface area contributed by atoms with Gasteiger partial charge in [-0.3, -0.25) is 4.79 Å². The highest BCUT2D eigenvalue weighted by Crippen LogP contribution is 2.29. The zero-order chi connectivity index (χ0) is 18.6. The Bertz CT molecular complexity index is 808. The van der Waals surface area contributed by atoms with Crippen LogP contribution in [0.25, 0.3) is 0 Å². The number of anilines is 2. The second kappa shape index (κ2) is 7.90. The molecule has 0 aliphatic heterocycles. The summed E-state index contributed by atoms with van der Waals surface area (Å²) in [5, 5.41) is 2.89. The Morgan fingerprint density at radius 2 is 1.96 bits per heavy atom. The monoisotopic (exact) mass is 362 g/mol. The van der Waals surface area contributed by atoms with E-state index >= 15 is 0 Å². The Morgan fingerprint density at radius 3 is 2.60 bits per heavy atom. The number of aryl methyl sites for hydroxylation is 1. The van der Waals surface area contributed by atoms with Crippen LogP contribution in [0.2, 0.25) is 5.02 Å². The molecule has 0 heterocycles. The van der Waals surface area contributed by atoms with Gasteiger partial charge in [0, 0.05) is 11.8 Å². The molecule has 0 aromatic heterocycles. The zero-order valence-electron chi connectivity index (χ0n) is 14.1. The molecule has 0 aliphatic carbocycles. The van der Waals surface area contributed by atoms with Crippen molar-refractivity contribution in [1.29, 1.82) is 0 Å². The van der Waals surface area contributed by atoms with Crippen LogP contribution in [0, 0.1) is 6.92 Å². The average molecular weight is 363 g/mol. The van der Waals surface area contributed by atoms with Crippen LogP contribution in [0.15, 0.2) is 36.4 Å². The van der Waals surface area contributed by atoms with Crippen LogP contribution in [0.3, 0.4) is 0 Å². The van der Waals surface area contributed by atoms with Crippen molar-refractivity contribution in [3.05, 3.63) is 52.5 Å². The first-order chi connectivity index (χ1) is 11.8. The number of ether oxygens (including phenoxy) is 2. The van der Waals surface area contributed by atoms with Gasteiger partial charge in [0.1, 0.15) is 11.3 Å². The summed E-state index contributed by atoms with van der Waals surface area (Å²) < 4.78 is 10.3. The van der Waals surface area contributed by atoms with Crippen molar-refractivity contribution in [2.45, 2.75) is 20.0 Å². The van der Waals surface area contributed by atoms with Gasteiger partial charge in [0.15, 0.2) is 6.10 Å². The highest BCUT2D eigenvalue weighted by atomic mass is 35.5. The minimum Gasteiger partial charge on any atom is -0.496 e. The Morgan fingerprint density at radius 1 is 1.24 bits per heavy atom. The van der Waals surface area contributed by atoms with Crippen molar-refractivity contribution in [2.24, 2.45) is 0 Å². The second-order valence-corrected chi connectivity index (χ2v) is 5.89. The van der Waals surface area contributed by atoms with Gasteiger partial charge in [0.2, 0.25) is 0 Å². The summed E-state index contributed by atoms with van der Waals surface area (Å²) in [6.07, 6.45) is -1.01. The molecule has 2 aromatic rings. The number of rotatable bonds is 5. The molecule has 0 bridgehead atoms. The molecule has 0 aliphatic rings. The van der Waals surface area contributed by atoms with Gasteiger partial charge in [0.25, 0.3) is 5.91 Å². The van der Waals surface area contributed by atoms with Gasteiger partial charge in [-0.25, -0.2) is 4.79 Å². The van der Waals surface area contributed by atoms with Crippen LogP contribution in [-0.2, 0) is 9.53 Å². The Kier molecular flexibility index (Phi) is 5.88. The van der Waals surface area contributed by atoms with E-state index in [4.69, 9.17) is 26.8 Å². The minimum absolute atomic E-state index is 0.0944. The van der Waals surface area contributed by atoms with Gasteiger partial charge in [0.05, 0.1) is 17.8 Å². The predicted octanol–water partition coefficient (Wildman–Crippen LogP) is 3.42. The molecule has 0 unspecified atom stereocenters. The molecule has 0 radical (unpaired) electrons. The number of nitrogen functional groups attached to an aromatic ring is 1. The number of benzene rings is 2. The number of methoxy groups -OCH3 is 1. The van der Waals surface area contributed by atoms with Crippen molar-refractivity contribution in [2.75, 3.05) is 18.2 Å². The maximum Gasteiger partial charge on any atom is 0.342 e. The standard InChI is InChI=1S/C18H19ClN2O4/c1-10-5-4-6-12(7-10)21-17(22)11(2)25-18(23)13-8-14(19)15(20)9-16(13)24-3/h4-9,11H,20H2,1-3H3,(H,21,22)/t11-/m1/s1. The number of carbonyl (C=O) groups is 2. The predicted molar refractivity (Wildman–Crippen MR) is 97.1 cm³/mol. The van der Waals surface area contributed by atoms with E-state index in [0.717, 1.165) is 5.56 Å². The number of halogens is 1. The lowest BCUT2D eigenvalue weighted by Gasteiger charge is -2.15. The van der Waals surface area contributed by atoms with Crippen molar-refractivity contribution in [1.82, 2.24) is 0 Å². The summed E-state index contributed by atoms with van der Waals surface area (Å²) in [5.41, 5.74) is 7.69. The SMILES string of the molecule is COc1cc(N)c(Cl)cc1C(=O)O[C@H](C)C(=O)Nc1cccc(C)c1. The molecule has 7 heteroatoms. The van der Waals surface area contributed by atoms with E-state index in [0.29, 0.717) is 5.69 Å². The van der Waals surface area contributed by atoms with Gasteiger partial charge in [-0.05, 0) is 37.6 Å². The molecule has 1 amide bonds. The summed E-state index contributed by atoms with van der Waals surface area (Å²) >= 11 is 5.94. The number of hydrogen-bond donors (Lipinski definition) is 2. The van der Waals surface area contributed by atoms with Crippen molar-refractivity contribution in [3.63, 3.8) is 0 Å². The van der Waals surface area contributed by atoms with Crippen molar-refractivity contribution in [3.8, 4) is 5.75 Å². The summed E-state index contributed by atoms with van der Waals surface area (Å²) in [5.74, 6) is -0.955. The minimum atomic E-state index is -1.01. The molecule has 0 saturated heterocycles. The van der Waals surface area contributed by atoms with E-state index < -0.39 is 18.0 Å². The Hall–Kier alpha value is -2.73. The van der Waals surface area contributed by atoms with Crippen LogP contribution in [-0.4, -0.2) is 25.1 Å². The summed E-state index contributed by atoms with van der Waals surface area (Å²) in [4.78, 5) is 24.5. The van der Waals surface area contributed by atoms with E-state index in [1.165, 1.54) is 26.2 Å². The van der Waals surface area contributed by atoms with Crippen LogP contribution >= 0.6 is 11.6 Å². The molecule has 0 saturated carbocycles. The van der Waals surface area contributed by atoms with Crippen LogP contribution in [0.4, 0.5) is 11.4 Å². The van der Waals surface area contributed by atoms with Gasteiger partial charge in [-0.1, -0.05) is 23.7 Å². The lowest BCUT2D eigenvalue weighted by Crippen LogP contribution is -2.30. The third kappa shape index (κ3) is 4.64. The van der Waals surface area contributed by atoms with E-state index in [2.05, 4.69) is 5.32 Å². The second-order valence-electron chi connectivity index (χ2n) is 5.48. The maximum absolute atomic E-state index is 12.3. The van der Waals surface area contributed by atoms with Crippen molar-refractivity contribution >= 4 is 34.9 Å². The molecular formula is C18H19ClN2O4. The fourth-order valence-corrected chi connectivity index (χ4v) is 2.31. The van der Waals surface area contributed by atoms with Crippen molar-refractivity contribution < 1.29 is 19.1 Å². The molecular weight excluding hydrogens is 344 g/mol. The van der Waals surface area contributed by atoms with E-state index in [1.54, 1.807) is 6.07 Å². The fraction of sp³-hybridized carbons (Fsp3) is 0.222. The van der Waals surface area contributed by atoms with Gasteiger partial charge in [-0.2, -0.15) is 0 Å². The summed E-state index contributed by atoms with van der Waals surface area (Å²) in [6.45, 7) is 3.39. The highest BCUT2D eigenvalue weighted by molar-refractivity contribution is 6.33. The highest BCUT2D eigenvalue weighted by Gasteiger charge is 2.22. The number of carbonyl (C=O) groups excluding carboxylic acids is 2. The molecule has 132 valence electrons. The Balaban J connectivity index is 2.09. The smallest absolute Gasteiger partial charge is 0.342 e. The van der Waals surface area contributed by atoms with Crippen LogP contribution in [0.1, 0.15) is 22.8 Å². The number of amides is 1. The molecule has 2 aromatic carbocycles. The van der Waals surface area contributed by atoms with Gasteiger partial charge < -0.3 is 20.5 Å². The number of nitrogens with one attached hydrogen (secondary N) is 1. The summed E-state index contributed by atoms with van der Waals surface area (Å²) in [6, 6.07) is 10.1. The first-order valence-corrected chi connectivity index (χ1v) is 7.91. The van der Waals surface area contributed by atoms with Gasteiger partial charge in [-0.15, -0.1) is 0 Å². The third-order valence-electron chi connectivity index (χ3n) is 3.48. The lowest BCUT2D eigenvalue weighted by molar-refractivity contribution is -0.123. The van der Waals surface area contributed by atoms with Crippen LogP contribution < -0.4 is 15.8 Å². The largest absolute Gasteiger partial charge is 0.496 e. The molecule has 0 fully saturated rings. The Labute approximate surface area is 150 Å².